The van der Waals surface area contributed by atoms with E-state index in [1.165, 1.54) is 0 Å². The molecule has 0 unspecified atom stereocenters. The molecule has 0 aliphatic rings. The van der Waals surface area contributed by atoms with Crippen molar-refractivity contribution < 1.29 is 57.5 Å². The summed E-state index contributed by atoms with van der Waals surface area (Å²) in [6.45, 7) is 15.1. The lowest BCUT2D eigenvalue weighted by Gasteiger charge is -2.26. The number of aliphatic imine (C=N–C) groups is 2. The Balaban J connectivity index is 0.000000980. The van der Waals surface area contributed by atoms with Gasteiger partial charge in [0.1, 0.15) is 6.04 Å². The van der Waals surface area contributed by atoms with Gasteiger partial charge in [0.05, 0.1) is 42.7 Å². The van der Waals surface area contributed by atoms with Gasteiger partial charge in [-0.05, 0) is 86.2 Å². The van der Waals surface area contributed by atoms with Gasteiger partial charge in [-0.3, -0.25) is 67.5 Å². The molecule has 98 heavy (non-hydrogen) atoms. The molecule has 0 fully saturated rings. The Labute approximate surface area is 589 Å². The average Bonchev–Trinajstić information content (AvgIpc) is 0.890. The minimum Gasteiger partial charge on any atom is -0.370 e. The monoisotopic (exact) mass is 1410 g/mol. The molecule has 0 radical (unpaired) electrons. The van der Waals surface area contributed by atoms with Crippen molar-refractivity contribution in [2.45, 2.75) is 194 Å². The number of rotatable bonds is 49. The van der Waals surface area contributed by atoms with Crippen LogP contribution < -0.4 is 72.5 Å². The van der Waals surface area contributed by atoms with Gasteiger partial charge in [0.2, 0.25) is 41.4 Å². The number of primary amides is 2. The molecule has 0 aliphatic carbocycles. The third-order valence-corrected chi connectivity index (χ3v) is 17.6. The second-order valence-corrected chi connectivity index (χ2v) is 26.8. The molecule has 548 valence electrons. The lowest BCUT2D eigenvalue weighted by Crippen LogP contribution is -2.51. The quantitative estimate of drug-likeness (QED) is 0.0195. The van der Waals surface area contributed by atoms with Gasteiger partial charge in [0.15, 0.2) is 40.8 Å². The predicted octanol–water partition coefficient (Wildman–Crippen LogP) is 1.94. The molecule has 0 aromatic heterocycles. The van der Waals surface area contributed by atoms with Gasteiger partial charge in [-0.2, -0.15) is 25.3 Å². The maximum absolute atomic E-state index is 13.4. The van der Waals surface area contributed by atoms with E-state index in [-0.39, 0.29) is 148 Å². The van der Waals surface area contributed by atoms with E-state index in [2.05, 4.69) is 61.8 Å². The molecule has 2 rings (SSSR count). The Bertz CT molecular complexity index is 2740. The molecule has 0 saturated carbocycles. The van der Waals surface area contributed by atoms with Crippen LogP contribution in [0.4, 0.5) is 0 Å². The smallest absolute Gasteiger partial charge is 0.240 e. The van der Waals surface area contributed by atoms with Gasteiger partial charge in [-0.1, -0.05) is 129 Å². The number of nitrogens with zero attached hydrogens (tertiary/aromatic N) is 2. The van der Waals surface area contributed by atoms with E-state index >= 15 is 0 Å². The summed E-state index contributed by atoms with van der Waals surface area (Å²) in [6, 6.07) is 13.2. The first-order chi connectivity index (χ1) is 46.2. The van der Waals surface area contributed by atoms with Crippen LogP contribution in [0, 0.1) is 47.3 Å². The lowest BCUT2D eigenvalue weighted by atomic mass is 9.85. The highest BCUT2D eigenvalue weighted by Gasteiger charge is 2.35. The van der Waals surface area contributed by atoms with Crippen molar-refractivity contribution in [3.05, 3.63) is 71.8 Å². The van der Waals surface area contributed by atoms with Crippen LogP contribution in [0.3, 0.4) is 0 Å². The van der Waals surface area contributed by atoms with E-state index in [4.69, 9.17) is 45.9 Å². The summed E-state index contributed by atoms with van der Waals surface area (Å²) < 4.78 is 0. The van der Waals surface area contributed by atoms with Crippen LogP contribution >= 0.6 is 25.3 Å². The average molecular weight is 1410 g/mol. The number of hydrogen-bond donors (Lipinski definition) is 15. The molecule has 12 atom stereocenters. The Kier molecular flexibility index (Phi) is 43.3. The van der Waals surface area contributed by atoms with Crippen molar-refractivity contribution >= 4 is 107 Å². The highest BCUT2D eigenvalue weighted by atomic mass is 32.1. The zero-order valence-corrected chi connectivity index (χ0v) is 60.3. The van der Waals surface area contributed by atoms with Crippen molar-refractivity contribution in [3.63, 3.8) is 0 Å². The normalized spacial score (nSPS) is 14.8. The van der Waals surface area contributed by atoms with Crippen molar-refractivity contribution in [1.29, 1.82) is 0 Å². The molecular weight excluding hydrogens is 1290 g/mol. The minimum absolute atomic E-state index is 0.0103. The summed E-state index contributed by atoms with van der Waals surface area (Å²) in [4.78, 5) is 163. The fourth-order valence-electron chi connectivity index (χ4n) is 10.6. The highest BCUT2D eigenvalue weighted by molar-refractivity contribution is 7.80. The van der Waals surface area contributed by atoms with Gasteiger partial charge in [-0.15, -0.1) is 0 Å². The molecular formula is C69H113N15O12S2. The number of carbonyl (C=O) groups is 12. The van der Waals surface area contributed by atoms with E-state index < -0.39 is 107 Å². The molecule has 2 aromatic rings. The molecule has 0 aliphatic heterocycles. The number of thiol groups is 2. The van der Waals surface area contributed by atoms with Crippen molar-refractivity contribution in [2.24, 2.45) is 103 Å². The van der Waals surface area contributed by atoms with Crippen LogP contribution in [-0.4, -0.2) is 150 Å². The van der Waals surface area contributed by atoms with Crippen LogP contribution in [-0.2, 0) is 70.4 Å². The van der Waals surface area contributed by atoms with Crippen LogP contribution in [0.1, 0.15) is 156 Å². The summed E-state index contributed by atoms with van der Waals surface area (Å²) in [7, 11) is 0. The van der Waals surface area contributed by atoms with Gasteiger partial charge in [0.25, 0.3) is 0 Å². The largest absolute Gasteiger partial charge is 0.370 e. The molecule has 2 aromatic carbocycles. The number of Topliss-reactive ketones (excluding diaryl/α,β-unsaturated/α-hetero) is 5. The number of amides is 7. The fourth-order valence-corrected chi connectivity index (χ4v) is 11.2. The molecule has 0 heterocycles. The molecule has 27 nitrogen and oxygen atoms in total. The minimum atomic E-state index is -0.961. The number of guanidine groups is 2. The maximum Gasteiger partial charge on any atom is 0.240 e. The van der Waals surface area contributed by atoms with Crippen molar-refractivity contribution in [2.75, 3.05) is 31.1 Å². The van der Waals surface area contributed by atoms with Crippen LogP contribution in [0.2, 0.25) is 0 Å². The molecule has 0 saturated heterocycles. The van der Waals surface area contributed by atoms with Gasteiger partial charge < -0.3 is 72.5 Å². The predicted molar refractivity (Wildman–Crippen MR) is 387 cm³/mol. The highest BCUT2D eigenvalue weighted by Crippen LogP contribution is 2.23. The van der Waals surface area contributed by atoms with E-state index in [0.29, 0.717) is 44.9 Å². The van der Waals surface area contributed by atoms with Gasteiger partial charge >= 0.3 is 0 Å². The van der Waals surface area contributed by atoms with E-state index in [0.717, 1.165) is 11.1 Å². The second kappa shape index (κ2) is 48.1. The number of ketones is 5. The molecule has 7 amide bonds. The molecule has 0 bridgehead atoms. The number of benzene rings is 2. The molecule has 0 spiro atoms. The summed E-state index contributed by atoms with van der Waals surface area (Å²) >= 11 is 8.54. The topological polar surface area (TPSA) is 498 Å². The lowest BCUT2D eigenvalue weighted by molar-refractivity contribution is -0.134. The van der Waals surface area contributed by atoms with E-state index in [1.54, 1.807) is 0 Å². The zero-order chi connectivity index (χ0) is 74.2. The van der Waals surface area contributed by atoms with Crippen LogP contribution in [0.15, 0.2) is 70.6 Å². The van der Waals surface area contributed by atoms with E-state index in [9.17, 15) is 57.5 Å². The molecule has 29 heteroatoms. The van der Waals surface area contributed by atoms with Crippen LogP contribution in [0.5, 0.6) is 0 Å². The van der Waals surface area contributed by atoms with Crippen LogP contribution in [0.25, 0.3) is 0 Å². The van der Waals surface area contributed by atoms with E-state index in [1.807, 2.05) is 116 Å². The van der Waals surface area contributed by atoms with Gasteiger partial charge in [0, 0.05) is 80.9 Å². The third kappa shape index (κ3) is 36.2. The van der Waals surface area contributed by atoms with Gasteiger partial charge in [-0.25, -0.2) is 0 Å². The first kappa shape index (κ1) is 88.3. The Morgan fingerprint density at radius 1 is 0.469 bits per heavy atom. The number of nitrogens with two attached hydrogens (primary N) is 8. The Hall–Kier alpha value is -7.76. The summed E-state index contributed by atoms with van der Waals surface area (Å²) in [5.74, 6) is -9.08. The SMILES string of the molecule is CC[C@@H](C)[C@@H](CC(=O)[C@@H](CS)NC(=O)[C@@H](N)Cc1ccccc1)C(=O)NCC(=O)C[C@H](CCCN=C(N)N)C(=O)N[C@H](CC(C)C)C(N)=O.CC[C@H](C)[C@H](NC(=O)[C@H](CS)CC(=O)[C@H](N)Cc1ccccc1)C(=O)CCC(=O)N[C@@H](CCCN=C(N)N)C(=O)C[C@@H](CC(C)C)C(N)=O. The summed E-state index contributed by atoms with van der Waals surface area (Å²) in [5, 5.41) is 13.5. The standard InChI is InChI=1S/C35H57N7O6S.C34H56N8O6S/c1-5-22(4)32(42-34(48)25(20-49)19-29(44)26(36)17-23-10-7-6-8-11-23)28(43)13-14-31(46)41-27(12-9-15-40-35(38)39)30(45)18-24(33(37)47)16-21(2)3;1-5-21(4)25(17-29(44)28(19-49)42-33(48)26(35)15-22-10-7-6-8-11-22)32(47)40-18-24(43)16-23(12-9-13-39-34(37)38)31(46)41-27(30(36)45)14-20(2)3/h6-8,10-11,21-22,24-27,32,49H,5,9,12-20,36H2,1-4H3,(H2,37,47)(H,41,46)(H,42,48)(H4,38,39,40);6-8,10-11,20-21,23,25-28,49H,5,9,12-19,35H2,1-4H3,(H2,36,45)(H,40,47)(H,41,46)(H,42,48)(H4,37,38,39)/t22-,24+,25-,26+,27-,32-;21-,23+,25-,26+,27-,28-/m01/s1. The maximum atomic E-state index is 13.4. The number of carbonyl (C=O) groups excluding carboxylic acids is 12. The Morgan fingerprint density at radius 3 is 1.46 bits per heavy atom. The van der Waals surface area contributed by atoms with Crippen molar-refractivity contribution in [3.8, 4) is 0 Å². The summed E-state index contributed by atoms with van der Waals surface area (Å²) in [5.41, 5.74) is 46.6. The summed E-state index contributed by atoms with van der Waals surface area (Å²) in [6.07, 6.45) is 2.67. The van der Waals surface area contributed by atoms with Crippen molar-refractivity contribution in [1.82, 2.24) is 26.6 Å². The Morgan fingerprint density at radius 2 is 0.969 bits per heavy atom. The zero-order valence-electron chi connectivity index (χ0n) is 58.5. The first-order valence-electron chi connectivity index (χ1n) is 33.8. The number of hydrogen-bond acceptors (Lipinski definition) is 18. The fraction of sp³-hybridized carbons (Fsp3) is 0.623. The number of nitrogens with one attached hydrogen (secondary N) is 5. The second-order valence-electron chi connectivity index (χ2n) is 26.1. The first-order valence-corrected chi connectivity index (χ1v) is 35.1. The molecule has 21 N–H and O–H groups in total. The third-order valence-electron chi connectivity index (χ3n) is 16.8.